The number of nitrogens with zero attached hydrogens (tertiary/aromatic N) is 1. The number of carbonyl (C=O) groups is 3. The van der Waals surface area contributed by atoms with Crippen LogP contribution in [0, 0.1) is 0 Å². The van der Waals surface area contributed by atoms with Crippen LogP contribution in [0.15, 0.2) is 0 Å². The number of amides is 4. The highest BCUT2D eigenvalue weighted by atomic mass is 16.2. The number of carbonyl (C=O) groups excluding carboxylic acids is 3. The lowest BCUT2D eigenvalue weighted by atomic mass is 10.2. The largest absolute Gasteiger partial charge is 0.370 e. The van der Waals surface area contributed by atoms with Crippen LogP contribution in [-0.2, 0) is 9.59 Å². The Labute approximate surface area is 87.8 Å². The van der Waals surface area contributed by atoms with Crippen molar-refractivity contribution >= 4 is 17.8 Å². The van der Waals surface area contributed by atoms with Gasteiger partial charge >= 0.3 is 6.03 Å². The van der Waals surface area contributed by atoms with Gasteiger partial charge in [0, 0.05) is 13.0 Å². The van der Waals surface area contributed by atoms with Gasteiger partial charge < -0.3 is 11.1 Å². The smallest absolute Gasteiger partial charge is 0.324 e. The van der Waals surface area contributed by atoms with Gasteiger partial charge in [0.25, 0.3) is 5.91 Å². The zero-order valence-electron chi connectivity index (χ0n) is 8.66. The van der Waals surface area contributed by atoms with Gasteiger partial charge in [0.1, 0.15) is 6.04 Å². The van der Waals surface area contributed by atoms with Crippen LogP contribution in [0.25, 0.3) is 0 Å². The molecule has 4 amide bonds. The maximum Gasteiger partial charge on any atom is 0.324 e. The molecule has 0 aliphatic carbocycles. The van der Waals surface area contributed by atoms with Crippen LogP contribution >= 0.6 is 0 Å². The quantitative estimate of drug-likeness (QED) is 0.607. The van der Waals surface area contributed by atoms with Crippen LogP contribution in [0.3, 0.4) is 0 Å². The molecule has 15 heavy (non-hydrogen) atoms. The van der Waals surface area contributed by atoms with Crippen LogP contribution < -0.4 is 11.1 Å². The van der Waals surface area contributed by atoms with Crippen molar-refractivity contribution in [2.75, 3.05) is 6.54 Å². The number of nitrogens with two attached hydrogens (primary N) is 1. The number of nitrogens with one attached hydrogen (secondary N) is 1. The molecular weight excluding hydrogens is 198 g/mol. The Bertz CT molecular complexity index is 290. The molecule has 1 aliphatic rings. The summed E-state index contributed by atoms with van der Waals surface area (Å²) in [7, 11) is 0. The maximum atomic E-state index is 11.6. The Balaban J connectivity index is 2.54. The summed E-state index contributed by atoms with van der Waals surface area (Å²) in [4.78, 5) is 34.5. The Hall–Kier alpha value is -1.59. The third kappa shape index (κ3) is 2.68. The standard InChI is InChI=1S/C9H15N3O3/c1-2-3-6-8(14)12(9(15)11-6)5-4-7(10)13/h6H,2-5H2,1H3,(H2,10,13)(H,11,15). The second-order valence-electron chi connectivity index (χ2n) is 3.50. The summed E-state index contributed by atoms with van der Waals surface area (Å²) in [5, 5.41) is 2.56. The van der Waals surface area contributed by atoms with Crippen molar-refractivity contribution in [3.63, 3.8) is 0 Å². The molecule has 0 aromatic carbocycles. The average molecular weight is 213 g/mol. The van der Waals surface area contributed by atoms with Gasteiger partial charge in [-0.15, -0.1) is 0 Å². The second kappa shape index (κ2) is 4.77. The molecule has 84 valence electrons. The normalized spacial score (nSPS) is 20.6. The summed E-state index contributed by atoms with van der Waals surface area (Å²) >= 11 is 0. The first-order chi connectivity index (χ1) is 7.06. The third-order valence-electron chi connectivity index (χ3n) is 2.27. The Morgan fingerprint density at radius 1 is 1.53 bits per heavy atom. The molecule has 3 N–H and O–H groups in total. The number of hydrogen-bond acceptors (Lipinski definition) is 3. The predicted octanol–water partition coefficient (Wildman–Crippen LogP) is -0.418. The van der Waals surface area contributed by atoms with E-state index in [2.05, 4.69) is 5.32 Å². The second-order valence-corrected chi connectivity index (χ2v) is 3.50. The third-order valence-corrected chi connectivity index (χ3v) is 2.27. The predicted molar refractivity (Wildman–Crippen MR) is 52.8 cm³/mol. The highest BCUT2D eigenvalue weighted by Gasteiger charge is 2.36. The van der Waals surface area contributed by atoms with Gasteiger partial charge in [0.15, 0.2) is 0 Å². The van der Waals surface area contributed by atoms with Crippen LogP contribution in [-0.4, -0.2) is 35.3 Å². The van der Waals surface area contributed by atoms with Gasteiger partial charge in [0.05, 0.1) is 0 Å². The van der Waals surface area contributed by atoms with Crippen molar-refractivity contribution in [3.8, 4) is 0 Å². The van der Waals surface area contributed by atoms with Crippen molar-refractivity contribution in [1.29, 1.82) is 0 Å². The lowest BCUT2D eigenvalue weighted by Gasteiger charge is -2.10. The van der Waals surface area contributed by atoms with E-state index in [4.69, 9.17) is 5.73 Å². The lowest BCUT2D eigenvalue weighted by Crippen LogP contribution is -2.34. The van der Waals surface area contributed by atoms with E-state index in [-0.39, 0.29) is 18.9 Å². The monoisotopic (exact) mass is 213 g/mol. The number of imide groups is 1. The van der Waals surface area contributed by atoms with Gasteiger partial charge in [-0.05, 0) is 6.42 Å². The van der Waals surface area contributed by atoms with E-state index < -0.39 is 18.0 Å². The SMILES string of the molecule is CCCC1NC(=O)N(CCC(N)=O)C1=O. The summed E-state index contributed by atoms with van der Waals surface area (Å²) in [6.07, 6.45) is 1.45. The van der Waals surface area contributed by atoms with E-state index in [9.17, 15) is 14.4 Å². The zero-order valence-corrected chi connectivity index (χ0v) is 8.66. The first-order valence-electron chi connectivity index (χ1n) is 4.96. The molecule has 1 heterocycles. The van der Waals surface area contributed by atoms with Gasteiger partial charge in [0.2, 0.25) is 5.91 Å². The molecule has 1 aliphatic heterocycles. The molecule has 1 saturated heterocycles. The van der Waals surface area contributed by atoms with E-state index in [1.165, 1.54) is 0 Å². The van der Waals surface area contributed by atoms with Crippen LogP contribution in [0.4, 0.5) is 4.79 Å². The molecule has 1 atom stereocenters. The number of hydrogen-bond donors (Lipinski definition) is 2. The van der Waals surface area contributed by atoms with Crippen LogP contribution in [0.2, 0.25) is 0 Å². The summed E-state index contributed by atoms with van der Waals surface area (Å²) in [6.45, 7) is 2.01. The molecule has 0 aromatic heterocycles. The van der Waals surface area contributed by atoms with Crippen molar-refractivity contribution in [3.05, 3.63) is 0 Å². The summed E-state index contributed by atoms with van der Waals surface area (Å²) in [5.41, 5.74) is 4.95. The first kappa shape index (κ1) is 11.5. The first-order valence-corrected chi connectivity index (χ1v) is 4.96. The molecule has 1 fully saturated rings. The fourth-order valence-electron chi connectivity index (χ4n) is 1.49. The fourth-order valence-corrected chi connectivity index (χ4v) is 1.49. The van der Waals surface area contributed by atoms with Gasteiger partial charge in [-0.2, -0.15) is 0 Å². The summed E-state index contributed by atoms with van der Waals surface area (Å²) in [6, 6.07) is -0.866. The van der Waals surface area contributed by atoms with E-state index in [1.54, 1.807) is 0 Å². The number of primary amides is 1. The fraction of sp³-hybridized carbons (Fsp3) is 0.667. The minimum absolute atomic E-state index is 0.0119. The average Bonchev–Trinajstić information content (AvgIpc) is 2.40. The molecule has 1 rings (SSSR count). The van der Waals surface area contributed by atoms with E-state index in [1.807, 2.05) is 6.92 Å². The molecular formula is C9H15N3O3. The van der Waals surface area contributed by atoms with Crippen molar-refractivity contribution in [1.82, 2.24) is 10.2 Å². The Morgan fingerprint density at radius 2 is 2.20 bits per heavy atom. The summed E-state index contributed by atoms with van der Waals surface area (Å²) < 4.78 is 0. The Kier molecular flexibility index (Phi) is 3.65. The molecule has 0 radical (unpaired) electrons. The van der Waals surface area contributed by atoms with E-state index in [0.717, 1.165) is 11.3 Å². The molecule has 0 bridgehead atoms. The van der Waals surface area contributed by atoms with E-state index in [0.29, 0.717) is 6.42 Å². The summed E-state index contributed by atoms with van der Waals surface area (Å²) in [5.74, 6) is -0.780. The lowest BCUT2D eigenvalue weighted by molar-refractivity contribution is -0.128. The van der Waals surface area contributed by atoms with Crippen LogP contribution in [0.5, 0.6) is 0 Å². The van der Waals surface area contributed by atoms with Crippen molar-refractivity contribution < 1.29 is 14.4 Å². The van der Waals surface area contributed by atoms with Gasteiger partial charge in [-0.3, -0.25) is 14.5 Å². The molecule has 0 saturated carbocycles. The van der Waals surface area contributed by atoms with Crippen molar-refractivity contribution in [2.24, 2.45) is 5.73 Å². The van der Waals surface area contributed by atoms with Gasteiger partial charge in [-0.1, -0.05) is 13.3 Å². The molecule has 0 spiro atoms. The number of urea groups is 1. The number of rotatable bonds is 5. The highest BCUT2D eigenvalue weighted by Crippen LogP contribution is 2.11. The minimum atomic E-state index is -0.519. The molecule has 0 aromatic rings. The van der Waals surface area contributed by atoms with Gasteiger partial charge in [-0.25, -0.2) is 4.79 Å². The van der Waals surface area contributed by atoms with E-state index >= 15 is 0 Å². The Morgan fingerprint density at radius 3 is 2.73 bits per heavy atom. The maximum absolute atomic E-state index is 11.6. The minimum Gasteiger partial charge on any atom is -0.370 e. The molecule has 6 nitrogen and oxygen atoms in total. The molecule has 1 unspecified atom stereocenters. The highest BCUT2D eigenvalue weighted by molar-refractivity contribution is 6.04. The van der Waals surface area contributed by atoms with Crippen molar-refractivity contribution in [2.45, 2.75) is 32.2 Å². The molecule has 6 heteroatoms. The topological polar surface area (TPSA) is 92.5 Å². The van der Waals surface area contributed by atoms with Crippen LogP contribution in [0.1, 0.15) is 26.2 Å². The zero-order chi connectivity index (χ0) is 11.4.